The van der Waals surface area contributed by atoms with Crippen molar-refractivity contribution >= 4 is 5.91 Å². The number of halogens is 1. The number of nitrogens with zero attached hydrogens (tertiary/aromatic N) is 2. The second-order valence-corrected chi connectivity index (χ2v) is 5.35. The van der Waals surface area contributed by atoms with Crippen molar-refractivity contribution in [2.75, 3.05) is 39.4 Å². The summed E-state index contributed by atoms with van der Waals surface area (Å²) >= 11 is 0. The first-order chi connectivity index (χ1) is 9.74. The summed E-state index contributed by atoms with van der Waals surface area (Å²) in [4.78, 5) is 16.6. The van der Waals surface area contributed by atoms with Gasteiger partial charge in [0.05, 0.1) is 13.2 Å². The fourth-order valence-corrected chi connectivity index (χ4v) is 2.94. The highest BCUT2D eigenvalue weighted by Gasteiger charge is 2.31. The minimum absolute atomic E-state index is 0.000703. The Morgan fingerprint density at radius 1 is 1.15 bits per heavy atom. The molecule has 0 N–H and O–H groups in total. The van der Waals surface area contributed by atoms with Crippen LogP contribution >= 0.6 is 0 Å². The largest absolute Gasteiger partial charge is 0.379 e. The Hall–Kier alpha value is -1.46. The van der Waals surface area contributed by atoms with Gasteiger partial charge in [-0.1, -0.05) is 0 Å². The van der Waals surface area contributed by atoms with Crippen LogP contribution in [0.15, 0.2) is 24.3 Å². The lowest BCUT2D eigenvalue weighted by molar-refractivity contribution is 0.0185. The maximum absolute atomic E-state index is 12.9. The molecular weight excluding hydrogens is 259 g/mol. The van der Waals surface area contributed by atoms with E-state index in [1.54, 1.807) is 12.1 Å². The van der Waals surface area contributed by atoms with Crippen LogP contribution in [-0.2, 0) is 4.74 Å². The third-order valence-corrected chi connectivity index (χ3v) is 4.10. The molecule has 2 heterocycles. The van der Waals surface area contributed by atoms with Gasteiger partial charge in [0, 0.05) is 37.8 Å². The molecule has 0 saturated carbocycles. The van der Waals surface area contributed by atoms with Gasteiger partial charge in [0.25, 0.3) is 5.91 Å². The molecule has 2 saturated heterocycles. The van der Waals surface area contributed by atoms with E-state index in [0.29, 0.717) is 11.6 Å². The Morgan fingerprint density at radius 2 is 1.85 bits per heavy atom. The summed E-state index contributed by atoms with van der Waals surface area (Å²) in [6.45, 7) is 4.99. The molecule has 1 aromatic rings. The molecule has 1 atom stereocenters. The Kier molecular flexibility index (Phi) is 3.98. The van der Waals surface area contributed by atoms with Crippen molar-refractivity contribution in [3.63, 3.8) is 0 Å². The normalized spacial score (nSPS) is 24.1. The smallest absolute Gasteiger partial charge is 0.253 e. The molecule has 0 aliphatic carbocycles. The van der Waals surface area contributed by atoms with Gasteiger partial charge < -0.3 is 9.64 Å². The molecule has 2 aliphatic rings. The maximum atomic E-state index is 12.9. The van der Waals surface area contributed by atoms with Gasteiger partial charge in [0.2, 0.25) is 0 Å². The number of ether oxygens (including phenoxy) is 1. The third-order valence-electron chi connectivity index (χ3n) is 4.10. The number of rotatable bonds is 2. The minimum atomic E-state index is -0.311. The number of carbonyl (C=O) groups is 1. The molecule has 1 amide bonds. The van der Waals surface area contributed by atoms with Gasteiger partial charge in [0.15, 0.2) is 0 Å². The SMILES string of the molecule is O=C(c1ccc(F)cc1)N1CCC(N2CCOCC2)C1. The number of carbonyl (C=O) groups excluding carboxylic acids is 1. The molecule has 108 valence electrons. The fourth-order valence-electron chi connectivity index (χ4n) is 2.94. The molecule has 0 aromatic heterocycles. The first-order valence-electron chi connectivity index (χ1n) is 7.11. The van der Waals surface area contributed by atoms with Gasteiger partial charge in [-0.25, -0.2) is 4.39 Å². The summed E-state index contributed by atoms with van der Waals surface area (Å²) in [5.41, 5.74) is 0.564. The molecule has 0 radical (unpaired) electrons. The standard InChI is InChI=1S/C15H19FN2O2/c16-13-3-1-12(2-4-13)15(19)18-6-5-14(11-18)17-7-9-20-10-8-17/h1-4,14H,5-11H2. The van der Waals surface area contributed by atoms with E-state index in [2.05, 4.69) is 4.90 Å². The first kappa shape index (κ1) is 13.5. The molecule has 0 bridgehead atoms. The van der Waals surface area contributed by atoms with Crippen LogP contribution in [0.1, 0.15) is 16.8 Å². The molecule has 4 nitrogen and oxygen atoms in total. The highest BCUT2D eigenvalue weighted by atomic mass is 19.1. The average Bonchev–Trinajstić information content (AvgIpc) is 2.98. The van der Waals surface area contributed by atoms with E-state index in [1.807, 2.05) is 4.90 Å². The lowest BCUT2D eigenvalue weighted by atomic mass is 10.2. The lowest BCUT2D eigenvalue weighted by Crippen LogP contribution is -2.45. The molecule has 1 unspecified atom stereocenters. The first-order valence-corrected chi connectivity index (χ1v) is 7.11. The van der Waals surface area contributed by atoms with Crippen LogP contribution in [0.4, 0.5) is 4.39 Å². The second kappa shape index (κ2) is 5.89. The van der Waals surface area contributed by atoms with Gasteiger partial charge in [-0.05, 0) is 30.7 Å². The van der Waals surface area contributed by atoms with Crippen molar-refractivity contribution in [2.24, 2.45) is 0 Å². The highest BCUT2D eigenvalue weighted by Crippen LogP contribution is 2.19. The predicted molar refractivity (Wildman–Crippen MR) is 73.1 cm³/mol. The summed E-state index contributed by atoms with van der Waals surface area (Å²) in [6, 6.07) is 6.22. The van der Waals surface area contributed by atoms with E-state index >= 15 is 0 Å². The van der Waals surface area contributed by atoms with Crippen molar-refractivity contribution < 1.29 is 13.9 Å². The van der Waals surface area contributed by atoms with E-state index in [9.17, 15) is 9.18 Å². The summed E-state index contributed by atoms with van der Waals surface area (Å²) in [5.74, 6) is -0.310. The molecule has 1 aromatic carbocycles. The van der Waals surface area contributed by atoms with Crippen LogP contribution < -0.4 is 0 Å². The average molecular weight is 278 g/mol. The van der Waals surface area contributed by atoms with Crippen molar-refractivity contribution in [3.05, 3.63) is 35.6 Å². The third kappa shape index (κ3) is 2.83. The van der Waals surface area contributed by atoms with Gasteiger partial charge in [-0.3, -0.25) is 9.69 Å². The monoisotopic (exact) mass is 278 g/mol. The molecule has 2 aliphatic heterocycles. The Morgan fingerprint density at radius 3 is 2.55 bits per heavy atom. The Bertz CT molecular complexity index is 471. The van der Waals surface area contributed by atoms with Crippen LogP contribution in [0.5, 0.6) is 0 Å². The summed E-state index contributed by atoms with van der Waals surface area (Å²) < 4.78 is 18.2. The van der Waals surface area contributed by atoms with Gasteiger partial charge in [0.1, 0.15) is 5.82 Å². The molecule has 20 heavy (non-hydrogen) atoms. The number of likely N-dealkylation sites (tertiary alicyclic amines) is 1. The second-order valence-electron chi connectivity index (χ2n) is 5.35. The van der Waals surface area contributed by atoms with E-state index in [1.165, 1.54) is 12.1 Å². The molecule has 2 fully saturated rings. The lowest BCUT2D eigenvalue weighted by Gasteiger charge is -2.32. The number of benzene rings is 1. The minimum Gasteiger partial charge on any atom is -0.379 e. The van der Waals surface area contributed by atoms with Crippen LogP contribution in [0, 0.1) is 5.82 Å². The van der Waals surface area contributed by atoms with Gasteiger partial charge in [-0.2, -0.15) is 0 Å². The zero-order valence-electron chi connectivity index (χ0n) is 11.4. The summed E-state index contributed by atoms with van der Waals surface area (Å²) in [7, 11) is 0. The van der Waals surface area contributed by atoms with Gasteiger partial charge in [-0.15, -0.1) is 0 Å². The number of hydrogen-bond donors (Lipinski definition) is 0. The molecular formula is C15H19FN2O2. The molecule has 5 heteroatoms. The summed E-state index contributed by atoms with van der Waals surface area (Å²) in [5, 5.41) is 0. The van der Waals surface area contributed by atoms with Crippen molar-refractivity contribution in [1.82, 2.24) is 9.80 Å². The fraction of sp³-hybridized carbons (Fsp3) is 0.533. The quantitative estimate of drug-likeness (QED) is 0.819. The zero-order valence-corrected chi connectivity index (χ0v) is 11.4. The van der Waals surface area contributed by atoms with Crippen molar-refractivity contribution in [2.45, 2.75) is 12.5 Å². The number of morpholine rings is 1. The number of hydrogen-bond acceptors (Lipinski definition) is 3. The highest BCUT2D eigenvalue weighted by molar-refractivity contribution is 5.94. The van der Waals surface area contributed by atoms with E-state index < -0.39 is 0 Å². The topological polar surface area (TPSA) is 32.8 Å². The van der Waals surface area contributed by atoms with Crippen LogP contribution in [-0.4, -0.2) is 61.1 Å². The Labute approximate surface area is 118 Å². The predicted octanol–water partition coefficient (Wildman–Crippen LogP) is 1.37. The molecule has 3 rings (SSSR count). The number of amides is 1. The van der Waals surface area contributed by atoms with E-state index in [-0.39, 0.29) is 11.7 Å². The van der Waals surface area contributed by atoms with E-state index in [0.717, 1.165) is 45.8 Å². The summed E-state index contributed by atoms with van der Waals surface area (Å²) in [6.07, 6.45) is 1.01. The Balaban J connectivity index is 1.61. The van der Waals surface area contributed by atoms with Crippen molar-refractivity contribution in [3.8, 4) is 0 Å². The molecule has 0 spiro atoms. The van der Waals surface area contributed by atoms with Gasteiger partial charge >= 0.3 is 0 Å². The maximum Gasteiger partial charge on any atom is 0.253 e. The van der Waals surface area contributed by atoms with Crippen LogP contribution in [0.25, 0.3) is 0 Å². The van der Waals surface area contributed by atoms with E-state index in [4.69, 9.17) is 4.74 Å². The van der Waals surface area contributed by atoms with Crippen LogP contribution in [0.2, 0.25) is 0 Å². The van der Waals surface area contributed by atoms with Crippen molar-refractivity contribution in [1.29, 1.82) is 0 Å². The zero-order chi connectivity index (χ0) is 13.9. The van der Waals surface area contributed by atoms with Crippen LogP contribution in [0.3, 0.4) is 0 Å².